The van der Waals surface area contributed by atoms with Gasteiger partial charge in [-0.2, -0.15) is 0 Å². The highest BCUT2D eigenvalue weighted by Crippen LogP contribution is 2.45. The summed E-state index contributed by atoms with van der Waals surface area (Å²) >= 11 is 0. The first-order valence-corrected chi connectivity index (χ1v) is 40.7. The summed E-state index contributed by atoms with van der Waals surface area (Å²) in [7, 11) is -9.91. The Labute approximate surface area is 562 Å². The van der Waals surface area contributed by atoms with Gasteiger partial charge in [-0.1, -0.05) is 312 Å². The van der Waals surface area contributed by atoms with Crippen LogP contribution in [0.2, 0.25) is 0 Å². The number of aliphatic hydroxyl groups excluding tert-OH is 1. The Morgan fingerprint density at radius 2 is 0.522 bits per heavy atom. The summed E-state index contributed by atoms with van der Waals surface area (Å²) in [6.07, 6.45) is 46.0. The van der Waals surface area contributed by atoms with Gasteiger partial charge in [-0.3, -0.25) is 37.3 Å². The van der Waals surface area contributed by atoms with Crippen LogP contribution >= 0.6 is 15.6 Å². The average Bonchev–Trinajstić information content (AvgIpc) is 2.54. The lowest BCUT2D eigenvalue weighted by molar-refractivity contribution is -0.161. The predicted molar refractivity (Wildman–Crippen MR) is 372 cm³/mol. The Morgan fingerprint density at radius 3 is 0.772 bits per heavy atom. The van der Waals surface area contributed by atoms with Crippen molar-refractivity contribution in [3.05, 3.63) is 0 Å². The third-order valence-electron chi connectivity index (χ3n) is 17.2. The molecule has 0 aliphatic rings. The summed E-state index contributed by atoms with van der Waals surface area (Å²) in [6, 6.07) is 0. The van der Waals surface area contributed by atoms with Gasteiger partial charge in [0.2, 0.25) is 0 Å². The number of rotatable bonds is 70. The van der Waals surface area contributed by atoms with Gasteiger partial charge in [-0.15, -0.1) is 0 Å². The van der Waals surface area contributed by atoms with Gasteiger partial charge in [0.05, 0.1) is 26.4 Å². The Balaban J connectivity index is 5.20. The predicted octanol–water partition coefficient (Wildman–Crippen LogP) is 20.9. The number of phosphoric ester groups is 2. The molecule has 3 N–H and O–H groups in total. The second-order valence-corrected chi connectivity index (χ2v) is 30.9. The summed E-state index contributed by atoms with van der Waals surface area (Å²) in [5.74, 6) is 0.876. The van der Waals surface area contributed by atoms with Crippen molar-refractivity contribution in [2.75, 3.05) is 39.6 Å². The normalized spacial score (nSPS) is 14.5. The Hall–Kier alpha value is -1.94. The van der Waals surface area contributed by atoms with Crippen LogP contribution in [0.1, 0.15) is 364 Å². The van der Waals surface area contributed by atoms with Crippen LogP contribution < -0.4 is 0 Å². The molecule has 0 heterocycles. The maximum atomic E-state index is 13.0. The summed E-state index contributed by atoms with van der Waals surface area (Å²) in [6.45, 7) is 14.1. The summed E-state index contributed by atoms with van der Waals surface area (Å²) in [5.41, 5.74) is 0. The molecule has 0 spiro atoms. The minimum Gasteiger partial charge on any atom is -0.462 e. The first-order valence-electron chi connectivity index (χ1n) is 37.7. The van der Waals surface area contributed by atoms with Crippen LogP contribution in [0.25, 0.3) is 0 Å². The van der Waals surface area contributed by atoms with Gasteiger partial charge >= 0.3 is 39.5 Å². The number of ether oxygens (including phenoxy) is 4. The van der Waals surface area contributed by atoms with E-state index in [0.29, 0.717) is 31.6 Å². The topological polar surface area (TPSA) is 237 Å². The third kappa shape index (κ3) is 65.4. The number of phosphoric acid groups is 2. The molecule has 546 valence electrons. The van der Waals surface area contributed by atoms with Gasteiger partial charge in [0, 0.05) is 25.7 Å². The van der Waals surface area contributed by atoms with Gasteiger partial charge in [-0.05, 0) is 49.4 Å². The fourth-order valence-corrected chi connectivity index (χ4v) is 12.6. The highest BCUT2D eigenvalue weighted by atomic mass is 31.2. The highest BCUT2D eigenvalue weighted by Gasteiger charge is 2.30. The lowest BCUT2D eigenvalue weighted by Crippen LogP contribution is -2.30. The second kappa shape index (κ2) is 62.6. The van der Waals surface area contributed by atoms with E-state index >= 15 is 0 Å². The van der Waals surface area contributed by atoms with Gasteiger partial charge in [0.25, 0.3) is 0 Å². The lowest BCUT2D eigenvalue weighted by Gasteiger charge is -2.21. The first kappa shape index (κ1) is 90.1. The fourth-order valence-electron chi connectivity index (χ4n) is 11.0. The minimum atomic E-state index is -4.95. The Bertz CT molecular complexity index is 1820. The van der Waals surface area contributed by atoms with E-state index in [1.807, 2.05) is 0 Å². The molecule has 0 radical (unpaired) electrons. The van der Waals surface area contributed by atoms with E-state index in [1.165, 1.54) is 161 Å². The zero-order valence-electron chi connectivity index (χ0n) is 60.2. The summed E-state index contributed by atoms with van der Waals surface area (Å²) in [4.78, 5) is 72.6. The van der Waals surface area contributed by atoms with Crippen LogP contribution in [0.3, 0.4) is 0 Å². The van der Waals surface area contributed by atoms with Crippen LogP contribution in [0, 0.1) is 23.7 Å². The molecule has 0 aliphatic carbocycles. The maximum absolute atomic E-state index is 13.0. The van der Waals surface area contributed by atoms with E-state index in [2.05, 4.69) is 55.4 Å². The van der Waals surface area contributed by atoms with Gasteiger partial charge in [-0.25, -0.2) is 9.13 Å². The van der Waals surface area contributed by atoms with Crippen LogP contribution in [-0.2, 0) is 65.4 Å². The zero-order chi connectivity index (χ0) is 68.2. The van der Waals surface area contributed by atoms with Crippen molar-refractivity contribution < 1.29 is 80.2 Å². The number of hydrogen-bond donors (Lipinski definition) is 3. The highest BCUT2D eigenvalue weighted by molar-refractivity contribution is 7.47. The van der Waals surface area contributed by atoms with Crippen molar-refractivity contribution in [3.63, 3.8) is 0 Å². The summed E-state index contributed by atoms with van der Waals surface area (Å²) < 4.78 is 68.3. The second-order valence-electron chi connectivity index (χ2n) is 28.0. The molecule has 0 amide bonds. The molecule has 0 rings (SSSR count). The Morgan fingerprint density at radius 1 is 0.304 bits per heavy atom. The molecule has 0 bridgehead atoms. The summed E-state index contributed by atoms with van der Waals surface area (Å²) in [5, 5.41) is 10.6. The van der Waals surface area contributed by atoms with Gasteiger partial charge in [0.1, 0.15) is 19.3 Å². The molecule has 6 atom stereocenters. The van der Waals surface area contributed by atoms with E-state index in [0.717, 1.165) is 114 Å². The van der Waals surface area contributed by atoms with E-state index in [4.69, 9.17) is 37.0 Å². The smallest absolute Gasteiger partial charge is 0.462 e. The molecule has 0 saturated carbocycles. The molecular weight excluding hydrogens is 1210 g/mol. The van der Waals surface area contributed by atoms with Crippen LogP contribution in [-0.4, -0.2) is 96.7 Å². The molecular formula is C73H142O17P2. The standard InChI is InChI=1S/C73H142O17P2/c1-9-66(8)52-44-36-28-21-23-31-40-48-56-73(78)90-68(59-83-70(75)53-45-37-29-19-17-15-13-11-10-12-14-16-18-25-33-41-49-63(2)3)61-87-91(79,80)85-57-67(74)58-86-92(81,82)88-62-69(60-84-71(76)54-46-38-32-24-27-35-43-51-65(6)7)89-72(77)55-47-39-30-22-20-26-34-42-50-64(4)5/h63-69,74H,9-62H2,1-8H3,(H,79,80)(H,81,82)/t66?,67?,68-,69-/m1/s1. The largest absolute Gasteiger partial charge is 0.472 e. The van der Waals surface area contributed by atoms with Crippen LogP contribution in [0.15, 0.2) is 0 Å². The molecule has 17 nitrogen and oxygen atoms in total. The monoisotopic (exact) mass is 1350 g/mol. The van der Waals surface area contributed by atoms with Crippen molar-refractivity contribution in [2.24, 2.45) is 23.7 Å². The molecule has 92 heavy (non-hydrogen) atoms. The molecule has 0 aliphatic heterocycles. The number of unbranched alkanes of at least 4 members (excludes halogenated alkanes) is 35. The van der Waals surface area contributed by atoms with Crippen LogP contribution in [0.5, 0.6) is 0 Å². The minimum absolute atomic E-state index is 0.103. The molecule has 19 heteroatoms. The number of hydrogen-bond acceptors (Lipinski definition) is 15. The molecule has 0 fully saturated rings. The molecule has 0 saturated heterocycles. The van der Waals surface area contributed by atoms with Crippen molar-refractivity contribution in [1.29, 1.82) is 0 Å². The van der Waals surface area contributed by atoms with Gasteiger partial charge in [0.15, 0.2) is 12.2 Å². The zero-order valence-corrected chi connectivity index (χ0v) is 62.0. The van der Waals surface area contributed by atoms with Gasteiger partial charge < -0.3 is 33.8 Å². The third-order valence-corrected chi connectivity index (χ3v) is 19.1. The van der Waals surface area contributed by atoms with E-state index in [-0.39, 0.29) is 25.7 Å². The number of esters is 4. The molecule has 0 aromatic carbocycles. The van der Waals surface area contributed by atoms with E-state index in [1.54, 1.807) is 0 Å². The quantitative estimate of drug-likeness (QED) is 0.0222. The van der Waals surface area contributed by atoms with E-state index in [9.17, 15) is 43.2 Å². The van der Waals surface area contributed by atoms with Crippen molar-refractivity contribution in [2.45, 2.75) is 382 Å². The molecule has 4 unspecified atom stereocenters. The first-order chi connectivity index (χ1) is 44.1. The number of aliphatic hydroxyl groups is 1. The Kier molecular flexibility index (Phi) is 61.3. The van der Waals surface area contributed by atoms with E-state index < -0.39 is 97.5 Å². The molecule has 0 aromatic heterocycles. The van der Waals surface area contributed by atoms with Crippen molar-refractivity contribution in [1.82, 2.24) is 0 Å². The number of carbonyl (C=O) groups excluding carboxylic acids is 4. The fraction of sp³-hybridized carbons (Fsp3) is 0.945. The van der Waals surface area contributed by atoms with Crippen molar-refractivity contribution >= 4 is 39.5 Å². The van der Waals surface area contributed by atoms with Crippen LogP contribution in [0.4, 0.5) is 0 Å². The maximum Gasteiger partial charge on any atom is 0.472 e. The number of carbonyl (C=O) groups is 4. The average molecular weight is 1350 g/mol. The SMILES string of the molecule is CCC(C)CCCCCCCCCCC(=O)O[C@H](COC(=O)CCCCCCCCCCCCCCCCCCC(C)C)COP(=O)(O)OCC(O)COP(=O)(O)OC[C@@H](COC(=O)CCCCCCCCCC(C)C)OC(=O)CCCCCCCCCCC(C)C. The lowest BCUT2D eigenvalue weighted by atomic mass is 9.99. The van der Waals surface area contributed by atoms with Crippen molar-refractivity contribution in [3.8, 4) is 0 Å². The molecule has 0 aromatic rings.